The third kappa shape index (κ3) is 26.1. The van der Waals surface area contributed by atoms with Gasteiger partial charge in [-0.25, -0.2) is 87.8 Å². The Morgan fingerprint density at radius 2 is 0.537 bits per heavy atom. The molecule has 0 unspecified atom stereocenters. The van der Waals surface area contributed by atoms with Crippen molar-refractivity contribution >= 4 is 34.8 Å². The second-order valence-corrected chi connectivity index (χ2v) is 31.6. The summed E-state index contributed by atoms with van der Waals surface area (Å²) >= 11 is 18.6. The van der Waals surface area contributed by atoms with E-state index in [1.807, 2.05) is 6.92 Å². The fraction of sp³-hybridized carbons (Fsp3) is 0.237. The van der Waals surface area contributed by atoms with Crippen molar-refractivity contribution in [2.75, 3.05) is 0 Å². The van der Waals surface area contributed by atoms with Crippen molar-refractivity contribution in [2.45, 2.75) is 147 Å². The summed E-state index contributed by atoms with van der Waals surface area (Å²) < 4.78 is 472. The molecule has 0 aliphatic heterocycles. The second kappa shape index (κ2) is 44.6. The lowest BCUT2D eigenvalue weighted by Gasteiger charge is -2.21. The maximum absolute atomic E-state index is 15.0. The first-order valence-corrected chi connectivity index (χ1v) is 41.7. The Hall–Kier alpha value is -11.8. The van der Waals surface area contributed by atoms with Crippen molar-refractivity contribution in [1.82, 2.24) is 0 Å². The Labute approximate surface area is 768 Å². The van der Waals surface area contributed by atoms with Crippen LogP contribution in [0.5, 0.6) is 23.0 Å². The molecule has 0 saturated carbocycles. The normalized spacial score (nSPS) is 11.9. The summed E-state index contributed by atoms with van der Waals surface area (Å²) in [5, 5.41) is -0.609. The zero-order valence-corrected chi connectivity index (χ0v) is 72.2. The molecular weight excluding hydrogens is 1940 g/mol. The molecule has 4 nitrogen and oxygen atoms in total. The highest BCUT2D eigenvalue weighted by molar-refractivity contribution is 6.34. The number of ether oxygens (including phenoxy) is 4. The van der Waals surface area contributed by atoms with Gasteiger partial charge in [0.05, 0.1) is 20.6 Å². The Bertz CT molecular complexity index is 6170. The average molecular weight is 2010 g/mol. The molecular formula is C97H67Cl3F32O4. The monoisotopic (exact) mass is 2010 g/mol. The number of unbranched alkanes of at least 4 members (excludes halogenated alkanes) is 10. The zero-order chi connectivity index (χ0) is 100. The van der Waals surface area contributed by atoms with E-state index >= 15 is 13.2 Å². The number of benzene rings is 12. The van der Waals surface area contributed by atoms with Gasteiger partial charge in [0.25, 0.3) is 0 Å². The van der Waals surface area contributed by atoms with Crippen molar-refractivity contribution in [3.8, 4) is 89.8 Å². The van der Waals surface area contributed by atoms with Gasteiger partial charge in [0, 0.05) is 52.1 Å². The number of hydrogen-bond donors (Lipinski definition) is 0. The fourth-order valence-electron chi connectivity index (χ4n) is 14.3. The van der Waals surface area contributed by atoms with Crippen molar-refractivity contribution < 1.29 is 159 Å². The van der Waals surface area contributed by atoms with Crippen LogP contribution in [0.15, 0.2) is 170 Å². The van der Waals surface area contributed by atoms with E-state index in [0.29, 0.717) is 109 Å². The van der Waals surface area contributed by atoms with Crippen LogP contribution in [0.25, 0.3) is 66.8 Å². The summed E-state index contributed by atoms with van der Waals surface area (Å²) in [4.78, 5) is 0. The summed E-state index contributed by atoms with van der Waals surface area (Å²) in [6.07, 6.45) is -10.2. The lowest BCUT2D eigenvalue weighted by molar-refractivity contribution is -0.276. The first-order valence-electron chi connectivity index (χ1n) is 40.6. The highest BCUT2D eigenvalue weighted by Crippen LogP contribution is 2.48. The summed E-state index contributed by atoms with van der Waals surface area (Å²) in [5.74, 6) is -38.6. The quantitative estimate of drug-likeness (QED) is 0.0178. The van der Waals surface area contributed by atoms with Crippen LogP contribution < -0.4 is 18.9 Å². The molecule has 0 spiro atoms. The predicted octanol–water partition coefficient (Wildman–Crippen LogP) is 35.0. The highest BCUT2D eigenvalue weighted by atomic mass is 35.5. The van der Waals surface area contributed by atoms with Crippen molar-refractivity contribution in [2.24, 2.45) is 0 Å². The van der Waals surface area contributed by atoms with Crippen molar-refractivity contribution in [3.05, 3.63) is 341 Å². The van der Waals surface area contributed by atoms with Crippen LogP contribution in [-0.2, 0) is 43.8 Å². The molecule has 0 radical (unpaired) electrons. The van der Waals surface area contributed by atoms with Gasteiger partial charge in [-0.2, -0.15) is 39.5 Å². The second-order valence-electron chi connectivity index (χ2n) is 30.4. The van der Waals surface area contributed by atoms with Gasteiger partial charge in [0.15, 0.2) is 29.1 Å². The third-order valence-electron chi connectivity index (χ3n) is 20.5. The molecule has 0 amide bonds. The SMILES string of the molecule is C=CCCCCc1cc(F)c(-c2cc(F)c(C(F)(F)Oc3cc(F)c(-c4cc(F)c(OC(F)(F)F)c(F)c4)c(F)c3)c(F)c2)c(Cl)c1.CCCCCCCCc1cc(F)c(-c2cc(F)c(C(F)(F)Oc3ccc(-c4cc(F)c(C(F)(F)F)c(F)c4)c(F)c3)c(F)c2)c(Cl)c1.CCCCCCc1cc(F)c(-c2cc(F)c(C(F)(F)Oc3ccc(-c4cc(F)c(F)c(F)c4)c(F)c3)c(F)c2)c(Cl)c1. The average Bonchev–Trinajstić information content (AvgIpc) is 0.777. The zero-order valence-electron chi connectivity index (χ0n) is 70.0. The maximum Gasteiger partial charge on any atom is 0.573 e. The van der Waals surface area contributed by atoms with Gasteiger partial charge in [0.1, 0.15) is 127 Å². The van der Waals surface area contributed by atoms with E-state index in [1.165, 1.54) is 24.3 Å². The Kier molecular flexibility index (Phi) is 34.8. The van der Waals surface area contributed by atoms with Gasteiger partial charge in [-0.3, -0.25) is 0 Å². The number of halogens is 35. The van der Waals surface area contributed by atoms with Crippen LogP contribution in [0.2, 0.25) is 15.1 Å². The Morgan fingerprint density at radius 1 is 0.265 bits per heavy atom. The van der Waals surface area contributed by atoms with Gasteiger partial charge in [-0.1, -0.05) is 106 Å². The lowest BCUT2D eigenvalue weighted by Crippen LogP contribution is -2.25. The molecule has 0 saturated heterocycles. The molecule has 0 bridgehead atoms. The third-order valence-corrected chi connectivity index (χ3v) is 21.4. The summed E-state index contributed by atoms with van der Waals surface area (Å²) in [6, 6.07) is 15.4. The summed E-state index contributed by atoms with van der Waals surface area (Å²) in [6.45, 7) is 7.73. The maximum atomic E-state index is 15.0. The lowest BCUT2D eigenvalue weighted by atomic mass is 9.98. The molecule has 0 atom stereocenters. The molecule has 724 valence electrons. The number of hydrogen-bond acceptors (Lipinski definition) is 4. The van der Waals surface area contributed by atoms with E-state index in [-0.39, 0.29) is 63.1 Å². The Morgan fingerprint density at radius 3 is 0.853 bits per heavy atom. The van der Waals surface area contributed by atoms with Gasteiger partial charge in [0.2, 0.25) is 5.75 Å². The minimum atomic E-state index is -5.51. The van der Waals surface area contributed by atoms with Crippen LogP contribution in [0.4, 0.5) is 140 Å². The minimum Gasteiger partial charge on any atom is -0.429 e. The van der Waals surface area contributed by atoms with E-state index in [9.17, 15) is 127 Å². The molecule has 0 fully saturated rings. The van der Waals surface area contributed by atoms with E-state index in [2.05, 4.69) is 32.5 Å². The molecule has 0 N–H and O–H groups in total. The highest BCUT2D eigenvalue weighted by Gasteiger charge is 2.46. The van der Waals surface area contributed by atoms with Crippen molar-refractivity contribution in [3.63, 3.8) is 0 Å². The molecule has 12 aromatic rings. The first-order chi connectivity index (χ1) is 63.8. The molecule has 0 aromatic heterocycles. The largest absolute Gasteiger partial charge is 0.573 e. The van der Waals surface area contributed by atoms with Crippen LogP contribution in [-0.4, -0.2) is 6.36 Å². The van der Waals surface area contributed by atoms with Gasteiger partial charge >= 0.3 is 30.9 Å². The van der Waals surface area contributed by atoms with E-state index in [1.54, 1.807) is 6.08 Å². The van der Waals surface area contributed by atoms with E-state index in [0.717, 1.165) is 101 Å². The first kappa shape index (κ1) is 106. The molecule has 0 aliphatic rings. The van der Waals surface area contributed by atoms with Crippen molar-refractivity contribution in [1.29, 1.82) is 0 Å². The van der Waals surface area contributed by atoms with Gasteiger partial charge in [-0.05, 0) is 235 Å². The van der Waals surface area contributed by atoms with Gasteiger partial charge in [-0.15, -0.1) is 19.8 Å². The fourth-order valence-corrected chi connectivity index (χ4v) is 15.3. The molecule has 0 heterocycles. The van der Waals surface area contributed by atoms with Crippen LogP contribution in [0, 0.1) is 116 Å². The van der Waals surface area contributed by atoms with Gasteiger partial charge < -0.3 is 18.9 Å². The topological polar surface area (TPSA) is 36.9 Å². The van der Waals surface area contributed by atoms with Crippen LogP contribution in [0.1, 0.15) is 136 Å². The molecule has 39 heteroatoms. The summed E-state index contributed by atoms with van der Waals surface area (Å²) in [5.41, 5.74) is -13.7. The molecule has 0 aliphatic carbocycles. The minimum absolute atomic E-state index is 0.0700. The molecule has 12 aromatic carbocycles. The number of rotatable bonds is 33. The van der Waals surface area contributed by atoms with Crippen LogP contribution >= 0.6 is 34.8 Å². The number of aryl methyl sites for hydroxylation is 3. The number of allylic oxidation sites excluding steroid dienone is 1. The predicted molar refractivity (Wildman–Crippen MR) is 443 cm³/mol. The van der Waals surface area contributed by atoms with E-state index in [4.69, 9.17) is 34.8 Å². The number of alkyl halides is 12. The van der Waals surface area contributed by atoms with E-state index < -0.39 is 254 Å². The molecule has 12 rings (SSSR count). The standard InChI is InChI=1S/C34H26ClF11O.C32H19ClF12O2.C31H22ClF9O/c1-2-3-4-5-6-7-8-18-11-23(35)30(25(37)12-18)20-15-28(40)32(29(41)16-20)34(45,46)47-21-9-10-22(24(36)17-21)19-13-26(38)31(27(39)14-19)33(42,43)44;1-2-3-4-5-6-15-7-19(33)27(20(34)8-15)16-9-23(37)29(24(38)10-16)31(41,42)46-18-13-21(35)28(22(36)14-18)17-11-25(39)30(26(40)12-17)47-32(43,44)45;1-2-3-4-5-6-16-9-21(32)28(23(34)10-16)18-13-24(35)29(25(36)14-18)31(40,41)42-19-7-8-20(22(33)15-19)17-11-26(37)30(39)27(38)12-17/h9-17H,2-8H2,1H3;2,7-14H,1,3-6H2;7-15H,2-6H2,1H3. The Balaban J connectivity index is 0.000000211. The molecule has 136 heavy (non-hydrogen) atoms. The smallest absolute Gasteiger partial charge is 0.429 e. The van der Waals surface area contributed by atoms with Crippen LogP contribution in [0.3, 0.4) is 0 Å². The summed E-state index contributed by atoms with van der Waals surface area (Å²) in [7, 11) is 0.